The Labute approximate surface area is 105 Å². The summed E-state index contributed by atoms with van der Waals surface area (Å²) in [6.07, 6.45) is 7.79. The molecule has 3 nitrogen and oxygen atoms in total. The fraction of sp³-hybridized carbons (Fsp3) is 0.929. The maximum atomic E-state index is 12.7. The number of nitrogens with zero attached hydrogens (tertiary/aromatic N) is 1. The second kappa shape index (κ2) is 4.97. The number of likely N-dealkylation sites (tertiary alicyclic amines) is 1. The fourth-order valence-electron chi connectivity index (χ4n) is 3.40. The molecule has 17 heavy (non-hydrogen) atoms. The first-order chi connectivity index (χ1) is 8.03. The van der Waals surface area contributed by atoms with Gasteiger partial charge in [-0.25, -0.2) is 0 Å². The van der Waals surface area contributed by atoms with Gasteiger partial charge in [-0.15, -0.1) is 0 Å². The quantitative estimate of drug-likeness (QED) is 0.762. The zero-order valence-corrected chi connectivity index (χ0v) is 11.2. The van der Waals surface area contributed by atoms with Crippen LogP contribution in [0.25, 0.3) is 0 Å². The van der Waals surface area contributed by atoms with Gasteiger partial charge < -0.3 is 10.6 Å². The molecule has 3 heteroatoms. The first kappa shape index (κ1) is 12.9. The van der Waals surface area contributed by atoms with Crippen molar-refractivity contribution in [1.29, 1.82) is 0 Å². The summed E-state index contributed by atoms with van der Waals surface area (Å²) in [4.78, 5) is 14.8. The van der Waals surface area contributed by atoms with Gasteiger partial charge in [-0.3, -0.25) is 4.79 Å². The number of hydrogen-bond donors (Lipinski definition) is 1. The lowest BCUT2D eigenvalue weighted by Gasteiger charge is -2.43. The Kier molecular flexibility index (Phi) is 3.76. The number of carbonyl (C=O) groups is 1. The van der Waals surface area contributed by atoms with Crippen LogP contribution in [-0.2, 0) is 4.79 Å². The van der Waals surface area contributed by atoms with Crippen molar-refractivity contribution in [2.24, 2.45) is 11.1 Å². The highest BCUT2D eigenvalue weighted by Gasteiger charge is 2.40. The highest BCUT2D eigenvalue weighted by atomic mass is 16.2. The van der Waals surface area contributed by atoms with Crippen LogP contribution >= 0.6 is 0 Å². The van der Waals surface area contributed by atoms with Gasteiger partial charge in [-0.2, -0.15) is 0 Å². The van der Waals surface area contributed by atoms with E-state index in [2.05, 4.69) is 18.7 Å². The first-order valence-corrected chi connectivity index (χ1v) is 7.09. The molecule has 0 bridgehead atoms. The molecule has 98 valence electrons. The molecular weight excluding hydrogens is 212 g/mol. The molecule has 2 N–H and O–H groups in total. The number of hydrogen-bond acceptors (Lipinski definition) is 2. The Hall–Kier alpha value is -0.570. The van der Waals surface area contributed by atoms with Crippen molar-refractivity contribution in [2.45, 2.75) is 70.9 Å². The summed E-state index contributed by atoms with van der Waals surface area (Å²) in [5.74, 6) is 0.386. The Morgan fingerprint density at radius 2 is 1.94 bits per heavy atom. The van der Waals surface area contributed by atoms with Crippen LogP contribution in [-0.4, -0.2) is 29.4 Å². The molecule has 1 heterocycles. The third kappa shape index (κ3) is 2.65. The molecule has 2 fully saturated rings. The lowest BCUT2D eigenvalue weighted by molar-refractivity contribution is -0.146. The number of piperidine rings is 1. The minimum Gasteiger partial charge on any atom is -0.339 e. The molecule has 1 saturated heterocycles. The van der Waals surface area contributed by atoms with E-state index in [1.54, 1.807) is 0 Å². The zero-order chi connectivity index (χ0) is 12.5. The van der Waals surface area contributed by atoms with Crippen molar-refractivity contribution in [2.75, 3.05) is 6.54 Å². The molecule has 0 aromatic heterocycles. The Morgan fingerprint density at radius 3 is 2.53 bits per heavy atom. The summed E-state index contributed by atoms with van der Waals surface area (Å²) in [6.45, 7) is 5.16. The van der Waals surface area contributed by atoms with Crippen molar-refractivity contribution in [3.05, 3.63) is 0 Å². The van der Waals surface area contributed by atoms with E-state index in [1.807, 2.05) is 0 Å². The molecule has 1 aliphatic heterocycles. The molecule has 2 atom stereocenters. The smallest absolute Gasteiger partial charge is 0.228 e. The van der Waals surface area contributed by atoms with Gasteiger partial charge in [0.2, 0.25) is 5.91 Å². The normalized spacial score (nSPS) is 33.5. The molecule has 2 unspecified atom stereocenters. The minimum atomic E-state index is -0.0893. The number of rotatable bonds is 1. The second-order valence-corrected chi connectivity index (χ2v) is 6.25. The zero-order valence-electron chi connectivity index (χ0n) is 11.2. The van der Waals surface area contributed by atoms with Gasteiger partial charge in [-0.05, 0) is 32.6 Å². The molecular formula is C14H26N2O. The third-order valence-electron chi connectivity index (χ3n) is 4.65. The Bertz CT molecular complexity index is 284. The van der Waals surface area contributed by atoms with Crippen molar-refractivity contribution >= 4 is 5.91 Å². The van der Waals surface area contributed by atoms with Gasteiger partial charge in [0.25, 0.3) is 0 Å². The second-order valence-electron chi connectivity index (χ2n) is 6.25. The summed E-state index contributed by atoms with van der Waals surface area (Å²) in [5.41, 5.74) is 5.87. The van der Waals surface area contributed by atoms with Crippen LogP contribution in [0.2, 0.25) is 0 Å². The van der Waals surface area contributed by atoms with E-state index in [-0.39, 0.29) is 11.5 Å². The largest absolute Gasteiger partial charge is 0.339 e. The molecule has 1 saturated carbocycles. The van der Waals surface area contributed by atoms with Crippen molar-refractivity contribution < 1.29 is 4.79 Å². The van der Waals surface area contributed by atoms with Gasteiger partial charge in [-0.1, -0.05) is 26.2 Å². The fourth-order valence-corrected chi connectivity index (χ4v) is 3.40. The lowest BCUT2D eigenvalue weighted by Crippen LogP contribution is -2.53. The van der Waals surface area contributed by atoms with Crippen molar-refractivity contribution in [3.8, 4) is 0 Å². The average Bonchev–Trinajstić information content (AvgIpc) is 2.29. The summed E-state index contributed by atoms with van der Waals surface area (Å²) in [7, 11) is 0. The van der Waals surface area contributed by atoms with Crippen LogP contribution in [0.4, 0.5) is 0 Å². The molecule has 0 radical (unpaired) electrons. The van der Waals surface area contributed by atoms with E-state index in [1.165, 1.54) is 19.3 Å². The maximum Gasteiger partial charge on any atom is 0.228 e. The van der Waals surface area contributed by atoms with E-state index in [4.69, 9.17) is 5.73 Å². The molecule has 2 rings (SSSR count). The predicted octanol–water partition coefficient (Wildman–Crippen LogP) is 2.29. The topological polar surface area (TPSA) is 46.3 Å². The molecule has 1 aliphatic carbocycles. The first-order valence-electron chi connectivity index (χ1n) is 7.09. The monoisotopic (exact) mass is 238 g/mol. The molecule has 0 spiro atoms. The molecule has 1 amide bonds. The number of nitrogens with two attached hydrogens (primary N) is 1. The van der Waals surface area contributed by atoms with Crippen LogP contribution in [0.3, 0.4) is 0 Å². The number of carbonyl (C=O) groups excluding carboxylic acids is 1. The molecule has 0 aromatic rings. The standard InChI is InChI=1S/C14H26N2O/c1-11-10-12(15)6-9-16(11)13(17)14(2)7-4-3-5-8-14/h11-12H,3-10,15H2,1-2H3. The van der Waals surface area contributed by atoms with Crippen LogP contribution < -0.4 is 5.73 Å². The highest BCUT2D eigenvalue weighted by molar-refractivity contribution is 5.82. The highest BCUT2D eigenvalue weighted by Crippen LogP contribution is 2.38. The van der Waals surface area contributed by atoms with Gasteiger partial charge in [0.05, 0.1) is 0 Å². The summed E-state index contributed by atoms with van der Waals surface area (Å²) >= 11 is 0. The SMILES string of the molecule is CC1CC(N)CCN1C(=O)C1(C)CCCCC1. The third-order valence-corrected chi connectivity index (χ3v) is 4.65. The number of amides is 1. The van der Waals surface area contributed by atoms with E-state index < -0.39 is 0 Å². The predicted molar refractivity (Wildman–Crippen MR) is 69.6 cm³/mol. The molecule has 0 aromatic carbocycles. The van der Waals surface area contributed by atoms with E-state index >= 15 is 0 Å². The summed E-state index contributed by atoms with van der Waals surface area (Å²) in [6, 6.07) is 0.609. The van der Waals surface area contributed by atoms with Gasteiger partial charge in [0.15, 0.2) is 0 Å². The average molecular weight is 238 g/mol. The summed E-state index contributed by atoms with van der Waals surface area (Å²) in [5, 5.41) is 0. The van der Waals surface area contributed by atoms with Crippen molar-refractivity contribution in [1.82, 2.24) is 4.90 Å². The van der Waals surface area contributed by atoms with Gasteiger partial charge in [0, 0.05) is 24.0 Å². The molecule has 2 aliphatic rings. The van der Waals surface area contributed by atoms with Crippen LogP contribution in [0.5, 0.6) is 0 Å². The van der Waals surface area contributed by atoms with E-state index in [0.29, 0.717) is 11.9 Å². The summed E-state index contributed by atoms with van der Waals surface area (Å²) < 4.78 is 0. The van der Waals surface area contributed by atoms with Gasteiger partial charge >= 0.3 is 0 Å². The Morgan fingerprint density at radius 1 is 1.29 bits per heavy atom. The van der Waals surface area contributed by atoms with Crippen LogP contribution in [0.15, 0.2) is 0 Å². The maximum absolute atomic E-state index is 12.7. The van der Waals surface area contributed by atoms with E-state index in [0.717, 1.165) is 32.2 Å². The lowest BCUT2D eigenvalue weighted by atomic mass is 9.74. The van der Waals surface area contributed by atoms with Crippen molar-refractivity contribution in [3.63, 3.8) is 0 Å². The van der Waals surface area contributed by atoms with Crippen LogP contribution in [0.1, 0.15) is 58.8 Å². The van der Waals surface area contributed by atoms with Gasteiger partial charge in [0.1, 0.15) is 0 Å². The Balaban J connectivity index is 2.03. The van der Waals surface area contributed by atoms with Crippen LogP contribution in [0, 0.1) is 5.41 Å². The van der Waals surface area contributed by atoms with E-state index in [9.17, 15) is 4.79 Å². The minimum absolute atomic E-state index is 0.0893.